The van der Waals surface area contributed by atoms with Gasteiger partial charge in [-0.15, -0.1) is 5.10 Å². The normalized spacial score (nSPS) is 10.6. The van der Waals surface area contributed by atoms with Crippen LogP contribution in [0.2, 0.25) is 0 Å². The lowest BCUT2D eigenvalue weighted by atomic mass is 10.3. The highest BCUT2D eigenvalue weighted by atomic mass is 19.2. The molecule has 2 aromatic rings. The summed E-state index contributed by atoms with van der Waals surface area (Å²) in [5, 5.41) is 7.19. The van der Waals surface area contributed by atoms with Gasteiger partial charge in [-0.1, -0.05) is 11.3 Å². The lowest BCUT2D eigenvalue weighted by Gasteiger charge is -2.04. The molecule has 2 N–H and O–H groups in total. The van der Waals surface area contributed by atoms with E-state index in [0.29, 0.717) is 5.69 Å². The van der Waals surface area contributed by atoms with Crippen LogP contribution in [0.25, 0.3) is 5.69 Å². The molecule has 0 saturated carbocycles. The van der Waals surface area contributed by atoms with Crippen LogP contribution in [-0.2, 0) is 0 Å². The Kier molecular flexibility index (Phi) is 2.11. The molecule has 0 aliphatic carbocycles. The number of halogens is 2. The number of aromatic nitrogens is 3. The quantitative estimate of drug-likeness (QED) is 0.774. The predicted octanol–water partition coefficient (Wildman–Crippen LogP) is 1.44. The molecule has 0 fully saturated rings. The molecule has 6 heteroatoms. The van der Waals surface area contributed by atoms with Crippen molar-refractivity contribution in [2.45, 2.75) is 6.92 Å². The zero-order valence-corrected chi connectivity index (χ0v) is 7.91. The standard InChI is InChI=1S/C9H8F2N4/c1-5-9(12)13-14-15(5)7-4-2-3-6(10)8(7)11/h2-4H,12H2,1H3. The van der Waals surface area contributed by atoms with E-state index in [0.717, 1.165) is 10.7 Å². The van der Waals surface area contributed by atoms with Gasteiger partial charge in [-0.3, -0.25) is 0 Å². The highest BCUT2D eigenvalue weighted by molar-refractivity contribution is 5.40. The third-order valence-electron chi connectivity index (χ3n) is 2.09. The smallest absolute Gasteiger partial charge is 0.184 e. The van der Waals surface area contributed by atoms with E-state index in [1.165, 1.54) is 12.1 Å². The lowest BCUT2D eigenvalue weighted by molar-refractivity contribution is 0.499. The van der Waals surface area contributed by atoms with E-state index in [9.17, 15) is 8.78 Å². The van der Waals surface area contributed by atoms with Gasteiger partial charge in [0.25, 0.3) is 0 Å². The average Bonchev–Trinajstić information content (AvgIpc) is 2.53. The minimum Gasteiger partial charge on any atom is -0.381 e. The number of nitrogen functional groups attached to an aromatic ring is 1. The molecule has 0 amide bonds. The molecular weight excluding hydrogens is 202 g/mol. The van der Waals surface area contributed by atoms with Gasteiger partial charge in [0.1, 0.15) is 5.69 Å². The molecule has 78 valence electrons. The van der Waals surface area contributed by atoms with Gasteiger partial charge in [-0.2, -0.15) is 0 Å². The molecule has 4 nitrogen and oxygen atoms in total. The Bertz CT molecular complexity index is 507. The molecule has 15 heavy (non-hydrogen) atoms. The number of hydrogen-bond acceptors (Lipinski definition) is 3. The predicted molar refractivity (Wildman–Crippen MR) is 50.4 cm³/mol. The van der Waals surface area contributed by atoms with Crippen molar-refractivity contribution in [2.75, 3.05) is 5.73 Å². The number of benzene rings is 1. The van der Waals surface area contributed by atoms with Gasteiger partial charge in [0.2, 0.25) is 0 Å². The molecule has 1 aromatic heterocycles. The second-order valence-electron chi connectivity index (χ2n) is 3.04. The minimum absolute atomic E-state index is 0.00306. The molecule has 1 heterocycles. The van der Waals surface area contributed by atoms with Crippen molar-refractivity contribution in [3.05, 3.63) is 35.5 Å². The summed E-state index contributed by atoms with van der Waals surface area (Å²) in [7, 11) is 0. The number of hydrogen-bond donors (Lipinski definition) is 1. The first-order valence-corrected chi connectivity index (χ1v) is 4.23. The molecule has 0 aliphatic rings. The first-order valence-electron chi connectivity index (χ1n) is 4.23. The van der Waals surface area contributed by atoms with Crippen molar-refractivity contribution in [2.24, 2.45) is 0 Å². The van der Waals surface area contributed by atoms with Crippen LogP contribution in [0.3, 0.4) is 0 Å². The Morgan fingerprint density at radius 1 is 1.33 bits per heavy atom. The van der Waals surface area contributed by atoms with Gasteiger partial charge in [0.15, 0.2) is 17.5 Å². The average molecular weight is 210 g/mol. The van der Waals surface area contributed by atoms with Crippen molar-refractivity contribution in [3.63, 3.8) is 0 Å². The topological polar surface area (TPSA) is 56.7 Å². The van der Waals surface area contributed by atoms with E-state index in [2.05, 4.69) is 10.3 Å². The number of nitrogens with two attached hydrogens (primary N) is 1. The summed E-state index contributed by atoms with van der Waals surface area (Å²) in [6, 6.07) is 3.83. The zero-order valence-electron chi connectivity index (χ0n) is 7.91. The lowest BCUT2D eigenvalue weighted by Crippen LogP contribution is -2.04. The summed E-state index contributed by atoms with van der Waals surface area (Å²) in [5.74, 6) is -1.70. The molecule has 0 atom stereocenters. The Hall–Kier alpha value is -1.98. The molecular formula is C9H8F2N4. The van der Waals surface area contributed by atoms with Crippen LogP contribution in [0.15, 0.2) is 18.2 Å². The number of anilines is 1. The molecule has 0 saturated heterocycles. The van der Waals surface area contributed by atoms with Gasteiger partial charge in [0.05, 0.1) is 5.69 Å². The Morgan fingerprint density at radius 2 is 2.07 bits per heavy atom. The van der Waals surface area contributed by atoms with Crippen LogP contribution in [0.4, 0.5) is 14.6 Å². The highest BCUT2D eigenvalue weighted by Gasteiger charge is 2.13. The fourth-order valence-corrected chi connectivity index (χ4v) is 1.23. The summed E-state index contributed by atoms with van der Waals surface area (Å²) in [4.78, 5) is 0. The van der Waals surface area contributed by atoms with Crippen LogP contribution in [0, 0.1) is 18.6 Å². The van der Waals surface area contributed by atoms with Gasteiger partial charge in [-0.25, -0.2) is 13.5 Å². The third-order valence-corrected chi connectivity index (χ3v) is 2.09. The van der Waals surface area contributed by atoms with E-state index < -0.39 is 11.6 Å². The maximum Gasteiger partial charge on any atom is 0.184 e. The monoisotopic (exact) mass is 210 g/mol. The van der Waals surface area contributed by atoms with Crippen molar-refractivity contribution in [1.82, 2.24) is 15.0 Å². The van der Waals surface area contributed by atoms with Crippen molar-refractivity contribution in [3.8, 4) is 5.69 Å². The molecule has 1 aromatic carbocycles. The fraction of sp³-hybridized carbons (Fsp3) is 0.111. The van der Waals surface area contributed by atoms with E-state index in [1.54, 1.807) is 6.92 Å². The minimum atomic E-state index is -0.967. The zero-order chi connectivity index (χ0) is 11.0. The van der Waals surface area contributed by atoms with Crippen LogP contribution in [-0.4, -0.2) is 15.0 Å². The Labute approximate surface area is 84.3 Å². The SMILES string of the molecule is Cc1c(N)nnn1-c1cccc(F)c1F. The van der Waals surface area contributed by atoms with Gasteiger partial charge in [0, 0.05) is 0 Å². The largest absolute Gasteiger partial charge is 0.381 e. The summed E-state index contributed by atoms with van der Waals surface area (Å²) in [6.45, 7) is 1.62. The van der Waals surface area contributed by atoms with Crippen molar-refractivity contribution >= 4 is 5.82 Å². The van der Waals surface area contributed by atoms with Gasteiger partial charge < -0.3 is 5.73 Å². The van der Waals surface area contributed by atoms with Crippen LogP contribution in [0.1, 0.15) is 5.69 Å². The molecule has 0 spiro atoms. The number of nitrogens with zero attached hydrogens (tertiary/aromatic N) is 3. The summed E-state index contributed by atoms with van der Waals surface area (Å²) < 4.78 is 27.5. The highest BCUT2D eigenvalue weighted by Crippen LogP contribution is 2.18. The Balaban J connectivity index is 2.64. The summed E-state index contributed by atoms with van der Waals surface area (Å²) in [6.07, 6.45) is 0. The van der Waals surface area contributed by atoms with E-state index in [1.807, 2.05) is 0 Å². The van der Waals surface area contributed by atoms with Crippen LogP contribution >= 0.6 is 0 Å². The number of rotatable bonds is 1. The summed E-state index contributed by atoms with van der Waals surface area (Å²) >= 11 is 0. The second kappa shape index (κ2) is 3.30. The van der Waals surface area contributed by atoms with Crippen molar-refractivity contribution in [1.29, 1.82) is 0 Å². The summed E-state index contributed by atoms with van der Waals surface area (Å²) in [5.41, 5.74) is 5.92. The van der Waals surface area contributed by atoms with Gasteiger partial charge in [-0.05, 0) is 19.1 Å². The van der Waals surface area contributed by atoms with E-state index in [-0.39, 0.29) is 11.5 Å². The van der Waals surface area contributed by atoms with Gasteiger partial charge >= 0.3 is 0 Å². The maximum absolute atomic E-state index is 13.4. The first-order chi connectivity index (χ1) is 7.11. The van der Waals surface area contributed by atoms with Crippen LogP contribution in [0.5, 0.6) is 0 Å². The third kappa shape index (κ3) is 1.43. The molecule has 0 radical (unpaired) electrons. The second-order valence-corrected chi connectivity index (χ2v) is 3.04. The maximum atomic E-state index is 13.4. The fourth-order valence-electron chi connectivity index (χ4n) is 1.23. The van der Waals surface area contributed by atoms with Crippen molar-refractivity contribution < 1.29 is 8.78 Å². The first kappa shape index (κ1) is 9.57. The molecule has 0 bridgehead atoms. The Morgan fingerprint density at radius 3 is 2.67 bits per heavy atom. The molecule has 2 rings (SSSR count). The molecule has 0 unspecified atom stereocenters. The van der Waals surface area contributed by atoms with E-state index >= 15 is 0 Å². The van der Waals surface area contributed by atoms with Crippen LogP contribution < -0.4 is 5.73 Å². The van der Waals surface area contributed by atoms with E-state index in [4.69, 9.17) is 5.73 Å². The molecule has 0 aliphatic heterocycles.